The van der Waals surface area contributed by atoms with Crippen molar-refractivity contribution in [1.82, 2.24) is 5.73 Å². The molecule has 0 atom stereocenters. The second-order valence-corrected chi connectivity index (χ2v) is 4.31. The minimum absolute atomic E-state index is 0.172. The van der Waals surface area contributed by atoms with Crippen molar-refractivity contribution in [2.24, 2.45) is 0 Å². The summed E-state index contributed by atoms with van der Waals surface area (Å²) >= 11 is 0. The van der Waals surface area contributed by atoms with Crippen molar-refractivity contribution in [2.75, 3.05) is 0 Å². The van der Waals surface area contributed by atoms with Crippen LogP contribution in [0.1, 0.15) is 42.7 Å². The number of hydrogen-bond acceptors (Lipinski definition) is 0. The molecule has 0 amide bonds. The van der Waals surface area contributed by atoms with E-state index in [2.05, 4.69) is 18.1 Å². The Morgan fingerprint density at radius 1 is 1.07 bits per heavy atom. The highest BCUT2D eigenvalue weighted by Gasteiger charge is 2.19. The average Bonchev–Trinajstić information content (AvgIpc) is 2.30. The van der Waals surface area contributed by atoms with E-state index < -0.39 is 0 Å². The summed E-state index contributed by atoms with van der Waals surface area (Å²) in [5, 5.41) is 0. The van der Waals surface area contributed by atoms with E-state index in [0.29, 0.717) is 5.92 Å². The zero-order chi connectivity index (χ0) is 10.7. The van der Waals surface area contributed by atoms with E-state index in [-0.39, 0.29) is 6.04 Å². The number of rotatable bonds is 1. The Balaban J connectivity index is 2.07. The molecular formula is C14H16N. The monoisotopic (exact) mass is 198 g/mol. The molecule has 2 rings (SSSR count). The van der Waals surface area contributed by atoms with Crippen molar-refractivity contribution in [3.8, 4) is 12.3 Å². The van der Waals surface area contributed by atoms with Crippen molar-refractivity contribution in [1.29, 1.82) is 0 Å². The standard InChI is InChI=1S/C14H16N/c1-2-11-3-5-12(6-4-11)13-7-9-14(15)10-8-13/h1,3-6,13-15H,7-10H2/t13-,14+. The molecule has 1 nitrogen and oxygen atoms in total. The molecule has 0 aliphatic heterocycles. The molecule has 1 radical (unpaired) electrons. The number of nitrogens with one attached hydrogen (secondary N) is 1. The zero-order valence-corrected chi connectivity index (χ0v) is 8.87. The molecule has 1 saturated carbocycles. The number of terminal acetylenes is 1. The highest BCUT2D eigenvalue weighted by atomic mass is 14.6. The lowest BCUT2D eigenvalue weighted by Gasteiger charge is -2.25. The lowest BCUT2D eigenvalue weighted by atomic mass is 9.82. The molecule has 1 heteroatoms. The Morgan fingerprint density at radius 3 is 2.20 bits per heavy atom. The van der Waals surface area contributed by atoms with E-state index in [1.807, 2.05) is 12.1 Å². The molecule has 0 aromatic heterocycles. The molecule has 15 heavy (non-hydrogen) atoms. The van der Waals surface area contributed by atoms with Gasteiger partial charge in [0, 0.05) is 11.6 Å². The molecule has 1 aliphatic carbocycles. The van der Waals surface area contributed by atoms with E-state index in [0.717, 1.165) is 31.2 Å². The van der Waals surface area contributed by atoms with Gasteiger partial charge in [-0.05, 0) is 49.3 Å². The molecule has 0 bridgehead atoms. The van der Waals surface area contributed by atoms with Crippen LogP contribution >= 0.6 is 0 Å². The predicted molar refractivity (Wildman–Crippen MR) is 62.5 cm³/mol. The van der Waals surface area contributed by atoms with Crippen molar-refractivity contribution in [3.05, 3.63) is 35.4 Å². The van der Waals surface area contributed by atoms with Crippen molar-refractivity contribution >= 4 is 0 Å². The third-order valence-corrected chi connectivity index (χ3v) is 3.28. The summed E-state index contributed by atoms with van der Waals surface area (Å²) < 4.78 is 0. The maximum Gasteiger partial charge on any atom is 0.0242 e. The second-order valence-electron chi connectivity index (χ2n) is 4.31. The molecule has 77 valence electrons. The zero-order valence-electron chi connectivity index (χ0n) is 8.87. The van der Waals surface area contributed by atoms with Gasteiger partial charge in [0.05, 0.1) is 0 Å². The first-order valence-corrected chi connectivity index (χ1v) is 5.57. The Hall–Kier alpha value is -1.26. The van der Waals surface area contributed by atoms with Gasteiger partial charge in [0.1, 0.15) is 0 Å². The van der Waals surface area contributed by atoms with E-state index >= 15 is 0 Å². The molecule has 1 fully saturated rings. The van der Waals surface area contributed by atoms with Crippen LogP contribution in [0.3, 0.4) is 0 Å². The Morgan fingerprint density at radius 2 is 1.67 bits per heavy atom. The van der Waals surface area contributed by atoms with Crippen LogP contribution in [-0.4, -0.2) is 6.04 Å². The molecule has 1 N–H and O–H groups in total. The topological polar surface area (TPSA) is 23.8 Å². The molecule has 0 spiro atoms. The third-order valence-electron chi connectivity index (χ3n) is 3.28. The van der Waals surface area contributed by atoms with Crippen LogP contribution in [-0.2, 0) is 0 Å². The fourth-order valence-corrected chi connectivity index (χ4v) is 2.28. The van der Waals surface area contributed by atoms with Crippen LogP contribution in [0.25, 0.3) is 0 Å². The van der Waals surface area contributed by atoms with Gasteiger partial charge in [-0.15, -0.1) is 6.42 Å². The summed E-state index contributed by atoms with van der Waals surface area (Å²) in [5.74, 6) is 3.29. The molecule has 1 aromatic rings. The molecule has 0 unspecified atom stereocenters. The Kier molecular flexibility index (Phi) is 3.08. The van der Waals surface area contributed by atoms with Crippen LogP contribution in [0.5, 0.6) is 0 Å². The van der Waals surface area contributed by atoms with Gasteiger partial charge in [-0.3, -0.25) is 5.73 Å². The highest BCUT2D eigenvalue weighted by Crippen LogP contribution is 2.32. The van der Waals surface area contributed by atoms with Gasteiger partial charge in [-0.1, -0.05) is 18.1 Å². The van der Waals surface area contributed by atoms with Crippen LogP contribution in [0.2, 0.25) is 0 Å². The number of benzene rings is 1. The first kappa shape index (κ1) is 10.3. The summed E-state index contributed by atoms with van der Waals surface area (Å²) in [5.41, 5.74) is 10.0. The first-order valence-electron chi connectivity index (χ1n) is 5.57. The second kappa shape index (κ2) is 4.51. The Labute approximate surface area is 91.7 Å². The van der Waals surface area contributed by atoms with Gasteiger partial charge >= 0.3 is 0 Å². The molecular weight excluding hydrogens is 182 g/mol. The molecule has 1 aromatic carbocycles. The minimum Gasteiger partial charge on any atom is -0.255 e. The molecule has 1 aliphatic rings. The van der Waals surface area contributed by atoms with Crippen molar-refractivity contribution < 1.29 is 0 Å². The van der Waals surface area contributed by atoms with Gasteiger partial charge in [0.2, 0.25) is 0 Å². The quantitative estimate of drug-likeness (QED) is 0.619. The van der Waals surface area contributed by atoms with Crippen LogP contribution in [0, 0.1) is 12.3 Å². The minimum atomic E-state index is 0.172. The van der Waals surface area contributed by atoms with Crippen LogP contribution in [0.15, 0.2) is 24.3 Å². The molecule has 0 saturated heterocycles. The highest BCUT2D eigenvalue weighted by molar-refractivity contribution is 5.35. The summed E-state index contributed by atoms with van der Waals surface area (Å²) in [6.07, 6.45) is 9.72. The van der Waals surface area contributed by atoms with E-state index in [1.165, 1.54) is 5.56 Å². The van der Waals surface area contributed by atoms with Crippen LogP contribution in [0.4, 0.5) is 0 Å². The van der Waals surface area contributed by atoms with Crippen molar-refractivity contribution in [2.45, 2.75) is 37.6 Å². The van der Waals surface area contributed by atoms with Gasteiger partial charge in [-0.25, -0.2) is 0 Å². The summed E-state index contributed by atoms with van der Waals surface area (Å²) in [7, 11) is 0. The Bertz CT molecular complexity index is 350. The number of hydrogen-bond donors (Lipinski definition) is 0. The van der Waals surface area contributed by atoms with E-state index in [4.69, 9.17) is 12.2 Å². The predicted octanol–water partition coefficient (Wildman–Crippen LogP) is 2.98. The maximum atomic E-state index is 7.66. The normalized spacial score (nSPS) is 25.9. The van der Waals surface area contributed by atoms with Gasteiger partial charge in [-0.2, -0.15) is 0 Å². The van der Waals surface area contributed by atoms with Gasteiger partial charge < -0.3 is 0 Å². The summed E-state index contributed by atoms with van der Waals surface area (Å²) in [4.78, 5) is 0. The van der Waals surface area contributed by atoms with Gasteiger partial charge in [0.25, 0.3) is 0 Å². The lowest BCUT2D eigenvalue weighted by Crippen LogP contribution is -2.18. The summed E-state index contributed by atoms with van der Waals surface area (Å²) in [6, 6.07) is 8.49. The van der Waals surface area contributed by atoms with Gasteiger partial charge in [0.15, 0.2) is 0 Å². The third kappa shape index (κ3) is 2.40. The fraction of sp³-hybridized carbons (Fsp3) is 0.429. The first-order chi connectivity index (χ1) is 7.29. The maximum absolute atomic E-state index is 7.66. The van der Waals surface area contributed by atoms with Crippen molar-refractivity contribution in [3.63, 3.8) is 0 Å². The molecule has 0 heterocycles. The lowest BCUT2D eigenvalue weighted by molar-refractivity contribution is 0.388. The SMILES string of the molecule is C#Cc1ccc([C@H]2CC[C@@H]([NH])CC2)cc1. The average molecular weight is 198 g/mol. The summed E-state index contributed by atoms with van der Waals surface area (Å²) in [6.45, 7) is 0. The van der Waals surface area contributed by atoms with E-state index in [9.17, 15) is 0 Å². The van der Waals surface area contributed by atoms with Crippen LogP contribution < -0.4 is 5.73 Å². The van der Waals surface area contributed by atoms with E-state index in [1.54, 1.807) is 0 Å². The largest absolute Gasteiger partial charge is 0.255 e. The smallest absolute Gasteiger partial charge is 0.0242 e. The fourth-order valence-electron chi connectivity index (χ4n) is 2.28.